The molecule has 1 aliphatic rings. The van der Waals surface area contributed by atoms with E-state index in [0.29, 0.717) is 38.8 Å². The van der Waals surface area contributed by atoms with Gasteiger partial charge in [-0.3, -0.25) is 19.1 Å². The molecule has 0 aliphatic carbocycles. The summed E-state index contributed by atoms with van der Waals surface area (Å²) in [6, 6.07) is 7.78. The smallest absolute Gasteiger partial charge is 0.348 e. The largest absolute Gasteiger partial charge is 0.462 e. The second kappa shape index (κ2) is 10.0. The van der Waals surface area contributed by atoms with Gasteiger partial charge in [-0.2, -0.15) is 0 Å². The van der Waals surface area contributed by atoms with Crippen molar-refractivity contribution >= 4 is 45.0 Å². The predicted molar refractivity (Wildman–Crippen MR) is 128 cm³/mol. The van der Waals surface area contributed by atoms with Crippen LogP contribution in [-0.2, 0) is 22.6 Å². The van der Waals surface area contributed by atoms with Crippen LogP contribution in [0, 0.1) is 6.92 Å². The number of benzene rings is 1. The zero-order chi connectivity index (χ0) is 23.5. The first kappa shape index (κ1) is 23.4. The number of aromatic nitrogens is 2. The molecule has 33 heavy (non-hydrogen) atoms. The lowest BCUT2D eigenvalue weighted by molar-refractivity contribution is -0.133. The van der Waals surface area contributed by atoms with Gasteiger partial charge in [-0.1, -0.05) is 23.7 Å². The van der Waals surface area contributed by atoms with Crippen LogP contribution in [0.25, 0.3) is 10.2 Å². The van der Waals surface area contributed by atoms with Crippen molar-refractivity contribution < 1.29 is 14.3 Å². The van der Waals surface area contributed by atoms with Gasteiger partial charge >= 0.3 is 5.97 Å². The van der Waals surface area contributed by atoms with Crippen molar-refractivity contribution in [2.75, 3.05) is 32.8 Å². The number of ether oxygens (including phenoxy) is 1. The number of thiophene rings is 1. The Morgan fingerprint density at radius 2 is 1.97 bits per heavy atom. The van der Waals surface area contributed by atoms with Crippen LogP contribution in [0.3, 0.4) is 0 Å². The van der Waals surface area contributed by atoms with E-state index in [1.807, 2.05) is 24.3 Å². The molecule has 1 aliphatic heterocycles. The maximum atomic E-state index is 13.0. The number of piperazine rings is 1. The van der Waals surface area contributed by atoms with Gasteiger partial charge in [0, 0.05) is 37.7 Å². The van der Waals surface area contributed by atoms with Crippen LogP contribution in [0.5, 0.6) is 0 Å². The minimum Gasteiger partial charge on any atom is -0.462 e. The van der Waals surface area contributed by atoms with E-state index >= 15 is 0 Å². The van der Waals surface area contributed by atoms with Crippen molar-refractivity contribution in [3.8, 4) is 0 Å². The number of hydrogen-bond acceptors (Lipinski definition) is 7. The topological polar surface area (TPSA) is 84.7 Å². The predicted octanol–water partition coefficient (Wildman–Crippen LogP) is 2.94. The quantitative estimate of drug-likeness (QED) is 0.496. The second-order valence-electron chi connectivity index (χ2n) is 7.92. The first-order valence-corrected chi connectivity index (χ1v) is 12.0. The van der Waals surface area contributed by atoms with Crippen LogP contribution in [0.1, 0.15) is 27.7 Å². The van der Waals surface area contributed by atoms with Crippen LogP contribution in [-0.4, -0.2) is 64.0 Å². The Balaban J connectivity index is 1.42. The minimum absolute atomic E-state index is 0.0832. The maximum Gasteiger partial charge on any atom is 0.348 e. The Kier molecular flexibility index (Phi) is 7.11. The molecule has 174 valence electrons. The number of esters is 1. The van der Waals surface area contributed by atoms with Crippen molar-refractivity contribution in [2.45, 2.75) is 26.9 Å². The summed E-state index contributed by atoms with van der Waals surface area (Å²) in [5.74, 6) is -0.588. The molecule has 0 N–H and O–H groups in total. The molecule has 0 atom stereocenters. The Labute approximate surface area is 200 Å². The highest BCUT2D eigenvalue weighted by Crippen LogP contribution is 2.27. The lowest BCUT2D eigenvalue weighted by Crippen LogP contribution is -2.49. The molecule has 0 spiro atoms. The standard InChI is InChI=1S/C23H25ClN4O4S/c1-3-32-23(31)20-15(2)19-21(33-20)25-14-28(22(19)30)13-18(29)27-9-7-26(8-10-27)12-16-5-4-6-17(24)11-16/h4-6,11,14H,3,7-10,12-13H2,1-2H3. The number of aryl methyl sites for hydroxylation is 1. The molecule has 8 nitrogen and oxygen atoms in total. The van der Waals surface area contributed by atoms with Gasteiger partial charge in [0.1, 0.15) is 16.3 Å². The van der Waals surface area contributed by atoms with Crippen molar-refractivity contribution in [2.24, 2.45) is 0 Å². The van der Waals surface area contributed by atoms with Gasteiger partial charge in [-0.25, -0.2) is 9.78 Å². The summed E-state index contributed by atoms with van der Waals surface area (Å²) in [7, 11) is 0. The van der Waals surface area contributed by atoms with Crippen molar-refractivity contribution in [1.82, 2.24) is 19.4 Å². The van der Waals surface area contributed by atoms with Gasteiger partial charge in [-0.15, -0.1) is 11.3 Å². The molecule has 0 unspecified atom stereocenters. The van der Waals surface area contributed by atoms with Crippen molar-refractivity contribution in [3.63, 3.8) is 0 Å². The second-order valence-corrected chi connectivity index (χ2v) is 9.36. The van der Waals surface area contributed by atoms with E-state index in [1.165, 1.54) is 10.9 Å². The molecule has 4 rings (SSSR count). The molecule has 0 radical (unpaired) electrons. The number of halogens is 1. The molecule has 0 saturated carbocycles. The summed E-state index contributed by atoms with van der Waals surface area (Å²) < 4.78 is 6.38. The number of hydrogen-bond donors (Lipinski definition) is 0. The Bertz CT molecular complexity index is 1250. The highest BCUT2D eigenvalue weighted by atomic mass is 35.5. The van der Waals surface area contributed by atoms with Gasteiger partial charge in [0.05, 0.1) is 18.3 Å². The number of fused-ring (bicyclic) bond motifs is 1. The summed E-state index contributed by atoms with van der Waals surface area (Å²) >= 11 is 7.20. The third kappa shape index (κ3) is 5.10. The van der Waals surface area contributed by atoms with Gasteiger partial charge in [0.15, 0.2) is 0 Å². The van der Waals surface area contributed by atoms with Crippen LogP contribution >= 0.6 is 22.9 Å². The average molecular weight is 489 g/mol. The SMILES string of the molecule is CCOC(=O)c1sc2ncn(CC(=O)N3CCN(Cc4cccc(Cl)c4)CC3)c(=O)c2c1C. The molecule has 0 bridgehead atoms. The van der Waals surface area contributed by atoms with E-state index in [0.717, 1.165) is 36.5 Å². The summed E-state index contributed by atoms with van der Waals surface area (Å²) in [6.07, 6.45) is 1.38. The average Bonchev–Trinajstić information content (AvgIpc) is 3.13. The fourth-order valence-electron chi connectivity index (χ4n) is 3.96. The number of amides is 1. The molecular weight excluding hydrogens is 464 g/mol. The van der Waals surface area contributed by atoms with E-state index in [4.69, 9.17) is 16.3 Å². The van der Waals surface area contributed by atoms with Crippen LogP contribution in [0.4, 0.5) is 0 Å². The molecule has 1 fully saturated rings. The first-order valence-electron chi connectivity index (χ1n) is 10.8. The molecule has 3 aromatic rings. The number of rotatable bonds is 6. The van der Waals surface area contributed by atoms with E-state index in [2.05, 4.69) is 9.88 Å². The third-order valence-electron chi connectivity index (χ3n) is 5.70. The Morgan fingerprint density at radius 3 is 2.67 bits per heavy atom. The fourth-order valence-corrected chi connectivity index (χ4v) is 5.20. The molecule has 2 aromatic heterocycles. The van der Waals surface area contributed by atoms with E-state index < -0.39 is 5.97 Å². The molecule has 10 heteroatoms. The minimum atomic E-state index is -0.462. The molecular formula is C23H25ClN4O4S. The monoisotopic (exact) mass is 488 g/mol. The molecule has 1 saturated heterocycles. The van der Waals surface area contributed by atoms with Gasteiger partial charge in [0.2, 0.25) is 5.91 Å². The van der Waals surface area contributed by atoms with Crippen LogP contribution < -0.4 is 5.56 Å². The highest BCUT2D eigenvalue weighted by molar-refractivity contribution is 7.20. The Morgan fingerprint density at radius 1 is 1.21 bits per heavy atom. The summed E-state index contributed by atoms with van der Waals surface area (Å²) in [5, 5.41) is 1.08. The summed E-state index contributed by atoms with van der Waals surface area (Å²) in [6.45, 7) is 7.07. The summed E-state index contributed by atoms with van der Waals surface area (Å²) in [5.41, 5.74) is 1.36. The van der Waals surface area contributed by atoms with E-state index in [9.17, 15) is 14.4 Å². The Hall–Kier alpha value is -2.75. The number of carbonyl (C=O) groups is 2. The molecule has 1 amide bonds. The van der Waals surface area contributed by atoms with E-state index in [-0.39, 0.29) is 24.6 Å². The lowest BCUT2D eigenvalue weighted by atomic mass is 10.2. The fraction of sp³-hybridized carbons (Fsp3) is 0.391. The maximum absolute atomic E-state index is 13.0. The summed E-state index contributed by atoms with van der Waals surface area (Å²) in [4.78, 5) is 47.3. The lowest BCUT2D eigenvalue weighted by Gasteiger charge is -2.34. The first-order chi connectivity index (χ1) is 15.9. The number of carbonyl (C=O) groups excluding carboxylic acids is 2. The number of nitrogens with zero attached hydrogens (tertiary/aromatic N) is 4. The van der Waals surface area contributed by atoms with Gasteiger partial charge in [-0.05, 0) is 37.1 Å². The molecule has 3 heterocycles. The normalized spacial score (nSPS) is 14.6. The van der Waals surface area contributed by atoms with Gasteiger partial charge < -0.3 is 9.64 Å². The highest BCUT2D eigenvalue weighted by Gasteiger charge is 2.24. The van der Waals surface area contributed by atoms with Crippen molar-refractivity contribution in [1.29, 1.82) is 0 Å². The van der Waals surface area contributed by atoms with Crippen LogP contribution in [0.15, 0.2) is 35.4 Å². The van der Waals surface area contributed by atoms with E-state index in [1.54, 1.807) is 18.7 Å². The van der Waals surface area contributed by atoms with Gasteiger partial charge in [0.25, 0.3) is 5.56 Å². The third-order valence-corrected chi connectivity index (χ3v) is 7.12. The van der Waals surface area contributed by atoms with Crippen molar-refractivity contribution in [3.05, 3.63) is 62.0 Å². The zero-order valence-corrected chi connectivity index (χ0v) is 20.1. The molecule has 1 aromatic carbocycles. The zero-order valence-electron chi connectivity index (χ0n) is 18.5. The van der Waals surface area contributed by atoms with Crippen LogP contribution in [0.2, 0.25) is 5.02 Å².